The molecule has 1 aromatic carbocycles. The van der Waals surface area contributed by atoms with E-state index in [2.05, 4.69) is 0 Å². The Balaban J connectivity index is 1.78. The van der Waals surface area contributed by atoms with Gasteiger partial charge in [-0.15, -0.1) is 0 Å². The molecule has 1 heterocycles. The number of hydrogen-bond donors (Lipinski definition) is 1. The Labute approximate surface area is 122 Å². The Morgan fingerprint density at radius 1 is 1.55 bits per heavy atom. The summed E-state index contributed by atoms with van der Waals surface area (Å²) in [5, 5.41) is 10.0. The largest absolute Gasteiger partial charge is 0.481 e. The number of benzene rings is 1. The maximum Gasteiger partial charge on any atom is 0.311 e. The summed E-state index contributed by atoms with van der Waals surface area (Å²) in [5.41, 5.74) is -0.0762. The first-order valence-electron chi connectivity index (χ1n) is 6.91. The van der Waals surface area contributed by atoms with Gasteiger partial charge < -0.3 is 5.11 Å². The summed E-state index contributed by atoms with van der Waals surface area (Å²) in [4.78, 5) is 13.7. The van der Waals surface area contributed by atoms with Crippen LogP contribution < -0.4 is 0 Å². The van der Waals surface area contributed by atoms with Crippen molar-refractivity contribution in [1.82, 2.24) is 4.90 Å². The van der Waals surface area contributed by atoms with E-state index in [9.17, 15) is 14.3 Å². The second-order valence-electron chi connectivity index (χ2n) is 5.96. The van der Waals surface area contributed by atoms with Crippen LogP contribution in [0.25, 0.3) is 0 Å². The van der Waals surface area contributed by atoms with Crippen molar-refractivity contribution in [2.24, 2.45) is 11.3 Å². The first-order valence-corrected chi connectivity index (χ1v) is 7.29. The van der Waals surface area contributed by atoms with Gasteiger partial charge in [0.05, 0.1) is 5.41 Å². The number of carboxylic acids is 1. The third-order valence-electron chi connectivity index (χ3n) is 4.77. The monoisotopic (exact) mass is 297 g/mol. The van der Waals surface area contributed by atoms with E-state index in [1.54, 1.807) is 6.07 Å². The topological polar surface area (TPSA) is 40.5 Å². The van der Waals surface area contributed by atoms with Crippen LogP contribution in [-0.4, -0.2) is 29.1 Å². The minimum atomic E-state index is -0.700. The summed E-state index contributed by atoms with van der Waals surface area (Å²) in [6.07, 6.45) is 2.68. The van der Waals surface area contributed by atoms with E-state index in [4.69, 9.17) is 11.6 Å². The number of aliphatic carboxylic acids is 1. The molecule has 3 rings (SSSR count). The second-order valence-corrected chi connectivity index (χ2v) is 6.39. The zero-order valence-electron chi connectivity index (χ0n) is 11.1. The Hall–Kier alpha value is -1.13. The van der Waals surface area contributed by atoms with Crippen LogP contribution in [0.3, 0.4) is 0 Å². The molecule has 1 N–H and O–H groups in total. The quantitative estimate of drug-likeness (QED) is 0.931. The van der Waals surface area contributed by atoms with Gasteiger partial charge in [0.25, 0.3) is 0 Å². The van der Waals surface area contributed by atoms with E-state index in [-0.39, 0.29) is 11.7 Å². The number of hydrogen-bond acceptors (Lipinski definition) is 2. The third-order valence-corrected chi connectivity index (χ3v) is 5.00. The van der Waals surface area contributed by atoms with Gasteiger partial charge in [0, 0.05) is 30.2 Å². The van der Waals surface area contributed by atoms with Crippen molar-refractivity contribution in [2.45, 2.75) is 25.8 Å². The molecule has 0 radical (unpaired) electrons. The van der Waals surface area contributed by atoms with Crippen LogP contribution in [-0.2, 0) is 11.3 Å². The molecule has 0 bridgehead atoms. The normalized spacial score (nSPS) is 29.6. The van der Waals surface area contributed by atoms with Crippen molar-refractivity contribution in [3.8, 4) is 0 Å². The van der Waals surface area contributed by atoms with Gasteiger partial charge in [0.1, 0.15) is 5.82 Å². The van der Waals surface area contributed by atoms with Gasteiger partial charge in [-0.2, -0.15) is 0 Å². The maximum atomic E-state index is 13.8. The van der Waals surface area contributed by atoms with Crippen molar-refractivity contribution < 1.29 is 14.3 Å². The van der Waals surface area contributed by atoms with E-state index < -0.39 is 11.4 Å². The van der Waals surface area contributed by atoms with Gasteiger partial charge >= 0.3 is 5.97 Å². The van der Waals surface area contributed by atoms with Crippen molar-refractivity contribution in [2.75, 3.05) is 13.1 Å². The minimum Gasteiger partial charge on any atom is -0.481 e. The molecular weight excluding hydrogens is 281 g/mol. The highest BCUT2D eigenvalue weighted by atomic mass is 35.5. The van der Waals surface area contributed by atoms with Crippen molar-refractivity contribution in [3.05, 3.63) is 34.6 Å². The first kappa shape index (κ1) is 13.8. The van der Waals surface area contributed by atoms with E-state index in [0.717, 1.165) is 25.8 Å². The highest BCUT2D eigenvalue weighted by molar-refractivity contribution is 6.30. The Kier molecular flexibility index (Phi) is 3.46. The zero-order chi connectivity index (χ0) is 14.3. The third kappa shape index (κ3) is 2.21. The average molecular weight is 298 g/mol. The SMILES string of the molecule is O=C(O)[C@@]12CCC[C@H]1CN(Cc1cc(Cl)ccc1F)C2. The summed E-state index contributed by atoms with van der Waals surface area (Å²) in [6.45, 7) is 1.68. The number of nitrogens with zero attached hydrogens (tertiary/aromatic N) is 1. The van der Waals surface area contributed by atoms with Gasteiger partial charge in [0.2, 0.25) is 0 Å². The first-order chi connectivity index (χ1) is 9.51. The molecule has 1 saturated heterocycles. The molecule has 1 aromatic rings. The molecule has 0 aromatic heterocycles. The Bertz CT molecular complexity index is 551. The highest BCUT2D eigenvalue weighted by Crippen LogP contribution is 2.49. The van der Waals surface area contributed by atoms with Crippen LogP contribution in [0.1, 0.15) is 24.8 Å². The number of halogens is 2. The van der Waals surface area contributed by atoms with E-state index in [0.29, 0.717) is 23.7 Å². The summed E-state index contributed by atoms with van der Waals surface area (Å²) < 4.78 is 13.8. The van der Waals surface area contributed by atoms with Gasteiger partial charge in [-0.05, 0) is 37.0 Å². The molecule has 2 atom stereocenters. The van der Waals surface area contributed by atoms with Crippen molar-refractivity contribution in [1.29, 1.82) is 0 Å². The molecule has 20 heavy (non-hydrogen) atoms. The minimum absolute atomic E-state index is 0.197. The number of fused-ring (bicyclic) bond motifs is 1. The predicted molar refractivity (Wildman–Crippen MR) is 74.1 cm³/mol. The van der Waals surface area contributed by atoms with E-state index in [1.807, 2.05) is 4.90 Å². The fourth-order valence-electron chi connectivity index (χ4n) is 3.77. The van der Waals surface area contributed by atoms with Crippen molar-refractivity contribution >= 4 is 17.6 Å². The molecule has 1 saturated carbocycles. The van der Waals surface area contributed by atoms with Crippen LogP contribution in [0.2, 0.25) is 5.02 Å². The van der Waals surface area contributed by atoms with Crippen molar-refractivity contribution in [3.63, 3.8) is 0 Å². The van der Waals surface area contributed by atoms with Crippen LogP contribution in [0.4, 0.5) is 4.39 Å². The average Bonchev–Trinajstić information content (AvgIpc) is 2.91. The zero-order valence-corrected chi connectivity index (χ0v) is 11.9. The van der Waals surface area contributed by atoms with Crippen LogP contribution in [0.15, 0.2) is 18.2 Å². The Morgan fingerprint density at radius 3 is 3.05 bits per heavy atom. The lowest BCUT2D eigenvalue weighted by Gasteiger charge is -2.23. The number of rotatable bonds is 3. The van der Waals surface area contributed by atoms with Gasteiger partial charge in [0.15, 0.2) is 0 Å². The van der Waals surface area contributed by atoms with Crippen LogP contribution in [0, 0.1) is 17.2 Å². The van der Waals surface area contributed by atoms with Gasteiger partial charge in [-0.3, -0.25) is 9.69 Å². The molecule has 108 valence electrons. The lowest BCUT2D eigenvalue weighted by Crippen LogP contribution is -2.35. The molecule has 1 aliphatic heterocycles. The molecule has 0 amide bonds. The van der Waals surface area contributed by atoms with E-state index >= 15 is 0 Å². The number of carboxylic acid groups (broad SMARTS) is 1. The summed E-state index contributed by atoms with van der Waals surface area (Å²) >= 11 is 5.90. The molecule has 5 heteroatoms. The standard InChI is InChI=1S/C15H17ClFNO2/c16-12-3-4-13(17)10(6-12)7-18-8-11-2-1-5-15(11,9-18)14(19)20/h3-4,6,11H,1-2,5,7-9H2,(H,19,20)/t11-,15+/m0/s1. The maximum absolute atomic E-state index is 13.8. The molecule has 3 nitrogen and oxygen atoms in total. The summed E-state index contributed by atoms with van der Waals surface area (Å²) in [6, 6.07) is 4.51. The van der Waals surface area contributed by atoms with Gasteiger partial charge in [-0.25, -0.2) is 4.39 Å². The fraction of sp³-hybridized carbons (Fsp3) is 0.533. The number of likely N-dealkylation sites (tertiary alicyclic amines) is 1. The smallest absolute Gasteiger partial charge is 0.311 e. The van der Waals surface area contributed by atoms with Gasteiger partial charge in [-0.1, -0.05) is 18.0 Å². The van der Waals surface area contributed by atoms with E-state index in [1.165, 1.54) is 12.1 Å². The summed E-state index contributed by atoms with van der Waals surface area (Å²) in [5.74, 6) is -0.785. The number of carbonyl (C=O) groups is 1. The Morgan fingerprint density at radius 2 is 2.35 bits per heavy atom. The molecule has 0 spiro atoms. The fourth-order valence-corrected chi connectivity index (χ4v) is 3.96. The molecule has 2 fully saturated rings. The molecule has 2 aliphatic rings. The highest BCUT2D eigenvalue weighted by Gasteiger charge is 2.54. The molecule has 0 unspecified atom stereocenters. The van der Waals surface area contributed by atoms with Crippen LogP contribution >= 0.6 is 11.6 Å². The molecular formula is C15H17ClFNO2. The molecule has 1 aliphatic carbocycles. The van der Waals surface area contributed by atoms with Crippen LogP contribution in [0.5, 0.6) is 0 Å². The lowest BCUT2D eigenvalue weighted by atomic mass is 9.81. The lowest BCUT2D eigenvalue weighted by molar-refractivity contribution is -0.149. The summed E-state index contributed by atoms with van der Waals surface area (Å²) in [7, 11) is 0. The predicted octanol–water partition coefficient (Wildman–Crippen LogP) is 3.17. The second kappa shape index (κ2) is 5.01.